The largest absolute Gasteiger partial charge is 0.368 e. The van der Waals surface area contributed by atoms with E-state index < -0.39 is 11.9 Å². The maximum absolute atomic E-state index is 11.7. The Balaban J connectivity index is 2.09. The normalized spacial score (nSPS) is 15.9. The average molecular weight is 346 g/mol. The second-order valence-electron chi connectivity index (χ2n) is 4.68. The van der Waals surface area contributed by atoms with Crippen LogP contribution < -0.4 is 11.1 Å². The summed E-state index contributed by atoms with van der Waals surface area (Å²) in [6.45, 7) is 0. The van der Waals surface area contributed by atoms with Crippen molar-refractivity contribution < 1.29 is 9.59 Å². The molecule has 1 saturated carbocycles. The minimum absolute atomic E-state index is 0.0460. The molecule has 1 aliphatic rings. The zero-order chi connectivity index (χ0) is 14.0. The maximum Gasteiger partial charge on any atom is 0.240 e. The van der Waals surface area contributed by atoms with Crippen LogP contribution in [-0.4, -0.2) is 17.9 Å². The number of hydrogen-bond acceptors (Lipinski definition) is 2. The van der Waals surface area contributed by atoms with Gasteiger partial charge in [-0.1, -0.05) is 27.5 Å². The standard InChI is InChI=1S/C13H14BrClN2O2/c14-10-4-3-9(15)5-8(10)6-11(12(16)18)17-13(19)7-1-2-7/h3-5,7,11H,1-2,6H2,(H2,16,18)(H,17,19)/t11-/m1/s1. The number of nitrogens with two attached hydrogens (primary N) is 1. The van der Waals surface area contributed by atoms with Crippen LogP contribution in [0.5, 0.6) is 0 Å². The molecule has 1 fully saturated rings. The van der Waals surface area contributed by atoms with Crippen molar-refractivity contribution in [3.8, 4) is 0 Å². The Bertz CT molecular complexity index is 517. The molecule has 2 amide bonds. The monoisotopic (exact) mass is 344 g/mol. The van der Waals surface area contributed by atoms with Gasteiger partial charge in [-0.2, -0.15) is 0 Å². The van der Waals surface area contributed by atoms with Gasteiger partial charge in [0.05, 0.1) is 0 Å². The lowest BCUT2D eigenvalue weighted by atomic mass is 10.1. The van der Waals surface area contributed by atoms with Gasteiger partial charge in [-0.25, -0.2) is 0 Å². The highest BCUT2D eigenvalue weighted by Gasteiger charge is 2.32. The summed E-state index contributed by atoms with van der Waals surface area (Å²) in [7, 11) is 0. The number of halogens is 2. The second-order valence-corrected chi connectivity index (χ2v) is 5.97. The van der Waals surface area contributed by atoms with E-state index in [0.29, 0.717) is 11.4 Å². The van der Waals surface area contributed by atoms with E-state index in [1.807, 2.05) is 0 Å². The molecule has 0 aromatic heterocycles. The van der Waals surface area contributed by atoms with Crippen molar-refractivity contribution in [1.82, 2.24) is 5.32 Å². The van der Waals surface area contributed by atoms with Crippen LogP contribution in [-0.2, 0) is 16.0 Å². The van der Waals surface area contributed by atoms with E-state index in [1.165, 1.54) is 0 Å². The SMILES string of the molecule is NC(=O)[C@@H](Cc1cc(Cl)ccc1Br)NC(=O)C1CC1. The van der Waals surface area contributed by atoms with Crippen LogP contribution in [0.1, 0.15) is 18.4 Å². The first-order chi connectivity index (χ1) is 8.97. The molecule has 1 aromatic carbocycles. The molecule has 0 heterocycles. The molecule has 1 aliphatic carbocycles. The number of carbonyl (C=O) groups is 2. The highest BCUT2D eigenvalue weighted by molar-refractivity contribution is 9.10. The van der Waals surface area contributed by atoms with Gasteiger partial charge in [-0.3, -0.25) is 9.59 Å². The summed E-state index contributed by atoms with van der Waals surface area (Å²) < 4.78 is 0.837. The van der Waals surface area contributed by atoms with E-state index in [-0.39, 0.29) is 11.8 Å². The predicted octanol–water partition coefficient (Wildman–Crippen LogP) is 2.03. The van der Waals surface area contributed by atoms with Gasteiger partial charge in [0.2, 0.25) is 11.8 Å². The van der Waals surface area contributed by atoms with Gasteiger partial charge in [0.1, 0.15) is 6.04 Å². The Morgan fingerprint density at radius 1 is 1.47 bits per heavy atom. The molecule has 6 heteroatoms. The molecule has 0 saturated heterocycles. The summed E-state index contributed by atoms with van der Waals surface area (Å²) in [5.74, 6) is -0.590. The van der Waals surface area contributed by atoms with Crippen molar-refractivity contribution in [3.05, 3.63) is 33.3 Å². The van der Waals surface area contributed by atoms with Crippen LogP contribution in [0, 0.1) is 5.92 Å². The summed E-state index contributed by atoms with van der Waals surface area (Å²) in [6.07, 6.45) is 2.10. The lowest BCUT2D eigenvalue weighted by Crippen LogP contribution is -2.46. The minimum Gasteiger partial charge on any atom is -0.368 e. The Morgan fingerprint density at radius 2 is 2.16 bits per heavy atom. The fourth-order valence-electron chi connectivity index (χ4n) is 1.78. The van der Waals surface area contributed by atoms with Gasteiger partial charge in [-0.05, 0) is 36.6 Å². The number of amides is 2. The van der Waals surface area contributed by atoms with Crippen molar-refractivity contribution >= 4 is 39.3 Å². The number of benzene rings is 1. The van der Waals surface area contributed by atoms with Crippen molar-refractivity contribution in [2.45, 2.75) is 25.3 Å². The number of rotatable bonds is 5. The molecule has 0 spiro atoms. The molecule has 102 valence electrons. The fourth-order valence-corrected chi connectivity index (χ4v) is 2.38. The summed E-state index contributed by atoms with van der Waals surface area (Å²) >= 11 is 9.31. The number of nitrogens with one attached hydrogen (secondary N) is 1. The lowest BCUT2D eigenvalue weighted by Gasteiger charge is -2.16. The predicted molar refractivity (Wildman–Crippen MR) is 76.7 cm³/mol. The third-order valence-electron chi connectivity index (χ3n) is 3.04. The molecule has 0 aliphatic heterocycles. The van der Waals surface area contributed by atoms with Crippen molar-refractivity contribution in [1.29, 1.82) is 0 Å². The van der Waals surface area contributed by atoms with Crippen LogP contribution in [0.2, 0.25) is 5.02 Å². The summed E-state index contributed by atoms with van der Waals surface area (Å²) in [5, 5.41) is 3.27. The van der Waals surface area contributed by atoms with E-state index in [4.69, 9.17) is 17.3 Å². The van der Waals surface area contributed by atoms with Crippen LogP contribution >= 0.6 is 27.5 Å². The van der Waals surface area contributed by atoms with Gasteiger partial charge in [0.15, 0.2) is 0 Å². The Hall–Kier alpha value is -1.07. The van der Waals surface area contributed by atoms with E-state index in [9.17, 15) is 9.59 Å². The molecule has 3 N–H and O–H groups in total. The molecule has 1 atom stereocenters. The van der Waals surface area contributed by atoms with Crippen molar-refractivity contribution in [2.24, 2.45) is 11.7 Å². The van der Waals surface area contributed by atoms with E-state index in [0.717, 1.165) is 22.9 Å². The zero-order valence-corrected chi connectivity index (χ0v) is 12.5. The Morgan fingerprint density at radius 3 is 2.74 bits per heavy atom. The molecule has 0 bridgehead atoms. The highest BCUT2D eigenvalue weighted by atomic mass is 79.9. The van der Waals surface area contributed by atoms with Gasteiger partial charge in [0, 0.05) is 21.8 Å². The molecule has 2 rings (SSSR count). The maximum atomic E-state index is 11.7. The molecule has 0 unspecified atom stereocenters. The third-order valence-corrected chi connectivity index (χ3v) is 4.05. The molecule has 0 radical (unpaired) electrons. The molecule has 19 heavy (non-hydrogen) atoms. The number of carbonyl (C=O) groups excluding carboxylic acids is 2. The fraction of sp³-hybridized carbons (Fsp3) is 0.385. The lowest BCUT2D eigenvalue weighted by molar-refractivity contribution is -0.128. The van der Waals surface area contributed by atoms with Gasteiger partial charge in [0.25, 0.3) is 0 Å². The van der Waals surface area contributed by atoms with Crippen LogP contribution in [0.15, 0.2) is 22.7 Å². The first kappa shape index (κ1) is 14.3. The van der Waals surface area contributed by atoms with Crippen LogP contribution in [0.25, 0.3) is 0 Å². The van der Waals surface area contributed by atoms with Gasteiger partial charge < -0.3 is 11.1 Å². The topological polar surface area (TPSA) is 72.2 Å². The van der Waals surface area contributed by atoms with E-state index in [2.05, 4.69) is 21.2 Å². The average Bonchev–Trinajstić information content (AvgIpc) is 3.16. The van der Waals surface area contributed by atoms with Gasteiger partial charge >= 0.3 is 0 Å². The summed E-state index contributed by atoms with van der Waals surface area (Å²) in [4.78, 5) is 23.1. The highest BCUT2D eigenvalue weighted by Crippen LogP contribution is 2.29. The molecule has 4 nitrogen and oxygen atoms in total. The first-order valence-electron chi connectivity index (χ1n) is 6.01. The zero-order valence-electron chi connectivity index (χ0n) is 10.2. The number of hydrogen-bond donors (Lipinski definition) is 2. The van der Waals surface area contributed by atoms with Crippen LogP contribution in [0.4, 0.5) is 0 Å². The van der Waals surface area contributed by atoms with E-state index >= 15 is 0 Å². The first-order valence-corrected chi connectivity index (χ1v) is 7.18. The minimum atomic E-state index is -0.706. The number of primary amides is 1. The second kappa shape index (κ2) is 5.92. The Kier molecular flexibility index (Phi) is 4.47. The van der Waals surface area contributed by atoms with Crippen molar-refractivity contribution in [2.75, 3.05) is 0 Å². The van der Waals surface area contributed by atoms with Gasteiger partial charge in [-0.15, -0.1) is 0 Å². The quantitative estimate of drug-likeness (QED) is 0.857. The molecular weight excluding hydrogens is 332 g/mol. The smallest absolute Gasteiger partial charge is 0.240 e. The molecule has 1 aromatic rings. The van der Waals surface area contributed by atoms with Crippen LogP contribution in [0.3, 0.4) is 0 Å². The summed E-state index contributed by atoms with van der Waals surface area (Å²) in [5.41, 5.74) is 6.18. The third kappa shape index (κ3) is 3.94. The Labute approximate surface area is 124 Å². The molecular formula is C13H14BrClN2O2. The van der Waals surface area contributed by atoms with Crippen molar-refractivity contribution in [3.63, 3.8) is 0 Å². The summed E-state index contributed by atoms with van der Waals surface area (Å²) in [6, 6.07) is 4.60. The van der Waals surface area contributed by atoms with E-state index in [1.54, 1.807) is 18.2 Å².